The van der Waals surface area contributed by atoms with Crippen LogP contribution >= 0.6 is 15.9 Å². The fourth-order valence-electron chi connectivity index (χ4n) is 1.64. The summed E-state index contributed by atoms with van der Waals surface area (Å²) in [6.07, 6.45) is 0. The van der Waals surface area contributed by atoms with Crippen LogP contribution in [0.4, 0.5) is 0 Å². The lowest BCUT2D eigenvalue weighted by atomic mass is 10.1. The lowest BCUT2D eigenvalue weighted by Gasteiger charge is -2.25. The lowest BCUT2D eigenvalue weighted by Crippen LogP contribution is -2.28. The van der Waals surface area contributed by atoms with Crippen molar-refractivity contribution >= 4 is 21.9 Å². The number of rotatable bonds is 3. The van der Waals surface area contributed by atoms with Crippen molar-refractivity contribution in [1.82, 2.24) is 0 Å². The minimum atomic E-state index is -0.937. The second-order valence-corrected chi connectivity index (χ2v) is 4.03. The summed E-state index contributed by atoms with van der Waals surface area (Å²) >= 11 is 3.35. The molecule has 1 heterocycles. The van der Waals surface area contributed by atoms with E-state index >= 15 is 0 Å². The second kappa shape index (κ2) is 4.53. The van der Waals surface area contributed by atoms with Crippen molar-refractivity contribution in [2.45, 2.75) is 5.79 Å². The number of ether oxygens (including phenoxy) is 2. The van der Waals surface area contributed by atoms with E-state index in [0.29, 0.717) is 18.5 Å². The zero-order valence-corrected chi connectivity index (χ0v) is 10.1. The van der Waals surface area contributed by atoms with Gasteiger partial charge in [-0.25, -0.2) is 4.79 Å². The third-order valence-corrected chi connectivity index (χ3v) is 3.24. The highest BCUT2D eigenvalue weighted by atomic mass is 79.9. The molecule has 2 rings (SSSR count). The van der Waals surface area contributed by atoms with Crippen LogP contribution in [0.25, 0.3) is 0 Å². The van der Waals surface area contributed by atoms with Crippen molar-refractivity contribution in [3.8, 4) is 0 Å². The van der Waals surface area contributed by atoms with Crippen LogP contribution in [0.5, 0.6) is 0 Å². The number of hydrogen-bond acceptors (Lipinski definition) is 3. The van der Waals surface area contributed by atoms with Gasteiger partial charge < -0.3 is 14.6 Å². The number of benzene rings is 1. The zero-order valence-electron chi connectivity index (χ0n) is 8.48. The molecule has 0 amide bonds. The summed E-state index contributed by atoms with van der Waals surface area (Å²) in [5, 5.41) is 9.31. The van der Waals surface area contributed by atoms with Gasteiger partial charge in [0.05, 0.1) is 24.1 Å². The largest absolute Gasteiger partial charge is 0.478 e. The molecule has 0 spiro atoms. The SMILES string of the molecule is O=C(O)c1ccc(C2(CBr)OCCO2)cc1. The van der Waals surface area contributed by atoms with Gasteiger partial charge in [-0.2, -0.15) is 0 Å². The van der Waals surface area contributed by atoms with Gasteiger partial charge in [-0.3, -0.25) is 0 Å². The molecule has 1 saturated heterocycles. The molecule has 16 heavy (non-hydrogen) atoms. The quantitative estimate of drug-likeness (QED) is 0.864. The van der Waals surface area contributed by atoms with Crippen molar-refractivity contribution in [3.05, 3.63) is 35.4 Å². The van der Waals surface area contributed by atoms with Crippen LogP contribution in [-0.4, -0.2) is 29.6 Å². The van der Waals surface area contributed by atoms with Gasteiger partial charge in [0.15, 0.2) is 0 Å². The van der Waals surface area contributed by atoms with Crippen LogP contribution in [0, 0.1) is 0 Å². The molecule has 1 aliphatic heterocycles. The molecule has 0 aliphatic carbocycles. The average Bonchev–Trinajstić information content (AvgIpc) is 2.79. The summed E-state index contributed by atoms with van der Waals surface area (Å²) in [7, 11) is 0. The zero-order chi connectivity index (χ0) is 11.6. The number of aromatic carboxylic acids is 1. The maximum absolute atomic E-state index is 10.7. The summed E-state index contributed by atoms with van der Waals surface area (Å²) in [4.78, 5) is 10.7. The van der Waals surface area contributed by atoms with Crippen molar-refractivity contribution in [2.24, 2.45) is 0 Å². The molecular weight excluding hydrogens is 276 g/mol. The molecule has 0 aromatic heterocycles. The minimum Gasteiger partial charge on any atom is -0.478 e. The predicted octanol–water partition coefficient (Wildman–Crippen LogP) is 1.98. The summed E-state index contributed by atoms with van der Waals surface area (Å²) < 4.78 is 11.1. The first-order valence-corrected chi connectivity index (χ1v) is 5.98. The highest BCUT2D eigenvalue weighted by molar-refractivity contribution is 9.09. The van der Waals surface area contributed by atoms with Gasteiger partial charge in [0, 0.05) is 5.56 Å². The van der Waals surface area contributed by atoms with Crippen LogP contribution < -0.4 is 0 Å². The third kappa shape index (κ3) is 1.98. The molecule has 5 heteroatoms. The van der Waals surface area contributed by atoms with Crippen molar-refractivity contribution in [1.29, 1.82) is 0 Å². The Balaban J connectivity index is 2.29. The fraction of sp³-hybridized carbons (Fsp3) is 0.364. The summed E-state index contributed by atoms with van der Waals surface area (Å²) in [6.45, 7) is 1.10. The van der Waals surface area contributed by atoms with E-state index in [0.717, 1.165) is 5.56 Å². The van der Waals surface area contributed by atoms with Crippen molar-refractivity contribution in [2.75, 3.05) is 18.5 Å². The van der Waals surface area contributed by atoms with Crippen LogP contribution in [0.3, 0.4) is 0 Å². The average molecular weight is 287 g/mol. The van der Waals surface area contributed by atoms with E-state index in [4.69, 9.17) is 14.6 Å². The molecule has 1 aromatic rings. The Hall–Kier alpha value is -0.910. The summed E-state index contributed by atoms with van der Waals surface area (Å²) in [5.41, 5.74) is 1.08. The Morgan fingerprint density at radius 1 is 1.31 bits per heavy atom. The Morgan fingerprint density at radius 2 is 1.88 bits per heavy atom. The Kier molecular flexibility index (Phi) is 3.28. The van der Waals surface area contributed by atoms with Gasteiger partial charge in [-0.15, -0.1) is 0 Å². The maximum Gasteiger partial charge on any atom is 0.335 e. The smallest absolute Gasteiger partial charge is 0.335 e. The Bertz CT molecular complexity index is 381. The number of carbonyl (C=O) groups is 1. The number of carboxylic acid groups (broad SMARTS) is 1. The number of hydrogen-bond donors (Lipinski definition) is 1. The van der Waals surface area contributed by atoms with E-state index in [-0.39, 0.29) is 5.56 Å². The van der Waals surface area contributed by atoms with E-state index in [1.807, 2.05) is 0 Å². The molecule has 1 aromatic carbocycles. The molecule has 0 radical (unpaired) electrons. The number of carboxylic acids is 1. The molecule has 1 aliphatic rings. The molecule has 1 fully saturated rings. The van der Waals surface area contributed by atoms with E-state index in [1.165, 1.54) is 0 Å². The molecule has 0 saturated carbocycles. The highest BCUT2D eigenvalue weighted by Gasteiger charge is 2.37. The van der Waals surface area contributed by atoms with Crippen molar-refractivity contribution < 1.29 is 19.4 Å². The lowest BCUT2D eigenvalue weighted by molar-refractivity contribution is -0.144. The number of alkyl halides is 1. The number of halogens is 1. The van der Waals surface area contributed by atoms with Crippen LogP contribution in [0.2, 0.25) is 0 Å². The summed E-state index contributed by atoms with van der Waals surface area (Å²) in [5.74, 6) is -1.70. The van der Waals surface area contributed by atoms with E-state index in [2.05, 4.69) is 15.9 Å². The maximum atomic E-state index is 10.7. The van der Waals surface area contributed by atoms with Gasteiger partial charge >= 0.3 is 5.97 Å². The normalized spacial score (nSPS) is 18.6. The minimum absolute atomic E-state index is 0.256. The highest BCUT2D eigenvalue weighted by Crippen LogP contribution is 2.33. The van der Waals surface area contributed by atoms with Crippen molar-refractivity contribution in [3.63, 3.8) is 0 Å². The second-order valence-electron chi connectivity index (χ2n) is 3.47. The van der Waals surface area contributed by atoms with Crippen LogP contribution in [0.1, 0.15) is 15.9 Å². The summed E-state index contributed by atoms with van der Waals surface area (Å²) in [6, 6.07) is 6.53. The Morgan fingerprint density at radius 3 is 2.31 bits per heavy atom. The van der Waals surface area contributed by atoms with Crippen LogP contribution in [-0.2, 0) is 15.3 Å². The first-order valence-electron chi connectivity index (χ1n) is 4.86. The molecule has 86 valence electrons. The van der Waals surface area contributed by atoms with E-state index in [9.17, 15) is 4.79 Å². The van der Waals surface area contributed by atoms with Gasteiger partial charge in [-0.1, -0.05) is 28.1 Å². The van der Waals surface area contributed by atoms with E-state index in [1.54, 1.807) is 24.3 Å². The first-order chi connectivity index (χ1) is 7.68. The molecule has 0 bridgehead atoms. The fourth-order valence-corrected chi connectivity index (χ4v) is 2.29. The van der Waals surface area contributed by atoms with Gasteiger partial charge in [0.25, 0.3) is 0 Å². The molecule has 4 nitrogen and oxygen atoms in total. The van der Waals surface area contributed by atoms with Gasteiger partial charge in [-0.05, 0) is 12.1 Å². The molecular formula is C11H11BrO4. The monoisotopic (exact) mass is 286 g/mol. The van der Waals surface area contributed by atoms with E-state index < -0.39 is 11.8 Å². The van der Waals surface area contributed by atoms with Crippen LogP contribution in [0.15, 0.2) is 24.3 Å². The Labute approximate surface area is 101 Å². The predicted molar refractivity (Wildman–Crippen MR) is 60.8 cm³/mol. The topological polar surface area (TPSA) is 55.8 Å². The molecule has 1 N–H and O–H groups in total. The molecule has 0 unspecified atom stereocenters. The first kappa shape index (κ1) is 11.6. The van der Waals surface area contributed by atoms with Gasteiger partial charge in [0.1, 0.15) is 0 Å². The van der Waals surface area contributed by atoms with Gasteiger partial charge in [0.2, 0.25) is 5.79 Å². The standard InChI is InChI=1S/C11H11BrO4/c12-7-11(15-5-6-16-11)9-3-1-8(2-4-9)10(13)14/h1-4H,5-7H2,(H,13,14). The molecule has 0 atom stereocenters. The third-order valence-electron chi connectivity index (χ3n) is 2.50.